The number of hydrogen-bond acceptors (Lipinski definition) is 4. The first kappa shape index (κ1) is 14.9. The molecule has 0 fully saturated rings. The van der Waals surface area contributed by atoms with E-state index in [1.54, 1.807) is 24.3 Å². The zero-order chi connectivity index (χ0) is 15.1. The molecule has 0 radical (unpaired) electrons. The van der Waals surface area contributed by atoms with Crippen molar-refractivity contribution in [3.63, 3.8) is 0 Å². The number of aliphatic carboxylic acids is 1. The molecule has 0 saturated heterocycles. The Morgan fingerprint density at radius 3 is 2.00 bits per heavy atom. The van der Waals surface area contributed by atoms with Crippen molar-refractivity contribution in [1.82, 2.24) is 0 Å². The van der Waals surface area contributed by atoms with E-state index < -0.39 is 12.0 Å². The highest BCUT2D eigenvalue weighted by atomic mass is 16.5. The van der Waals surface area contributed by atoms with Gasteiger partial charge in [0.15, 0.2) is 0 Å². The lowest BCUT2D eigenvalue weighted by Gasteiger charge is -2.10. The van der Waals surface area contributed by atoms with E-state index in [0.29, 0.717) is 24.5 Å². The van der Waals surface area contributed by atoms with E-state index in [-0.39, 0.29) is 0 Å². The summed E-state index contributed by atoms with van der Waals surface area (Å²) < 4.78 is 11.0. The van der Waals surface area contributed by atoms with E-state index in [2.05, 4.69) is 0 Å². The van der Waals surface area contributed by atoms with Crippen molar-refractivity contribution in [2.24, 2.45) is 5.73 Å². The number of hydrogen-bond donors (Lipinski definition) is 2. The summed E-state index contributed by atoms with van der Waals surface area (Å²) in [7, 11) is 0. The standard InChI is InChI=1S/C16H17NO4/c17-15(16(18)19)12-6-8-14(9-7-12)21-11-10-20-13-4-2-1-3-5-13/h1-9,15H,10-11,17H2,(H,18,19). The molecule has 5 nitrogen and oxygen atoms in total. The van der Waals surface area contributed by atoms with Crippen LogP contribution in [0.4, 0.5) is 0 Å². The highest BCUT2D eigenvalue weighted by molar-refractivity contribution is 5.75. The van der Waals surface area contributed by atoms with Crippen LogP contribution in [0.5, 0.6) is 11.5 Å². The molecular weight excluding hydrogens is 270 g/mol. The Bertz CT molecular complexity index is 569. The van der Waals surface area contributed by atoms with Gasteiger partial charge in [0.25, 0.3) is 0 Å². The molecule has 0 aliphatic carbocycles. The maximum atomic E-state index is 10.8. The van der Waals surface area contributed by atoms with Gasteiger partial charge in [-0.3, -0.25) is 4.79 Å². The Balaban J connectivity index is 1.77. The molecule has 0 spiro atoms. The normalized spacial score (nSPS) is 11.7. The summed E-state index contributed by atoms with van der Waals surface area (Å²) in [6, 6.07) is 15.2. The summed E-state index contributed by atoms with van der Waals surface area (Å²) in [4.78, 5) is 10.8. The van der Waals surface area contributed by atoms with Crippen molar-refractivity contribution in [3.05, 3.63) is 60.2 Å². The first-order chi connectivity index (χ1) is 10.2. The number of ether oxygens (including phenoxy) is 2. The Labute approximate surface area is 122 Å². The zero-order valence-corrected chi connectivity index (χ0v) is 11.4. The van der Waals surface area contributed by atoms with E-state index >= 15 is 0 Å². The number of carbonyl (C=O) groups is 1. The van der Waals surface area contributed by atoms with E-state index in [9.17, 15) is 4.79 Å². The van der Waals surface area contributed by atoms with Crippen LogP contribution in [0.2, 0.25) is 0 Å². The Morgan fingerprint density at radius 2 is 1.48 bits per heavy atom. The zero-order valence-electron chi connectivity index (χ0n) is 11.4. The maximum absolute atomic E-state index is 10.8. The summed E-state index contributed by atoms with van der Waals surface area (Å²) in [5.41, 5.74) is 6.05. The minimum atomic E-state index is -1.06. The molecule has 0 saturated carbocycles. The van der Waals surface area contributed by atoms with Gasteiger partial charge in [0, 0.05) is 0 Å². The van der Waals surface area contributed by atoms with Crippen LogP contribution in [0.25, 0.3) is 0 Å². The molecule has 1 unspecified atom stereocenters. The number of nitrogens with two attached hydrogens (primary N) is 1. The van der Waals surface area contributed by atoms with Crippen LogP contribution in [-0.4, -0.2) is 24.3 Å². The van der Waals surface area contributed by atoms with E-state index in [1.807, 2.05) is 30.3 Å². The van der Waals surface area contributed by atoms with Gasteiger partial charge in [-0.2, -0.15) is 0 Å². The van der Waals surface area contributed by atoms with Crippen LogP contribution in [0.3, 0.4) is 0 Å². The Morgan fingerprint density at radius 1 is 0.952 bits per heavy atom. The fraction of sp³-hybridized carbons (Fsp3) is 0.188. The maximum Gasteiger partial charge on any atom is 0.325 e. The summed E-state index contributed by atoms with van der Waals surface area (Å²) in [6.45, 7) is 0.833. The first-order valence-electron chi connectivity index (χ1n) is 6.56. The molecule has 1 atom stereocenters. The lowest BCUT2D eigenvalue weighted by Crippen LogP contribution is -2.20. The molecule has 0 aliphatic rings. The van der Waals surface area contributed by atoms with Crippen LogP contribution < -0.4 is 15.2 Å². The van der Waals surface area contributed by atoms with Crippen molar-refractivity contribution in [3.8, 4) is 11.5 Å². The smallest absolute Gasteiger partial charge is 0.325 e. The molecule has 0 aromatic heterocycles. The van der Waals surface area contributed by atoms with Gasteiger partial charge < -0.3 is 20.3 Å². The lowest BCUT2D eigenvalue weighted by atomic mass is 10.1. The fourth-order valence-electron chi connectivity index (χ4n) is 1.75. The minimum absolute atomic E-state index is 0.402. The van der Waals surface area contributed by atoms with Gasteiger partial charge in [0.2, 0.25) is 0 Å². The third-order valence-electron chi connectivity index (χ3n) is 2.87. The largest absolute Gasteiger partial charge is 0.490 e. The van der Waals surface area contributed by atoms with Gasteiger partial charge in [-0.25, -0.2) is 0 Å². The predicted molar refractivity (Wildman–Crippen MR) is 78.4 cm³/mol. The van der Waals surface area contributed by atoms with Crippen molar-refractivity contribution >= 4 is 5.97 Å². The van der Waals surface area contributed by atoms with Gasteiger partial charge in [0.1, 0.15) is 30.8 Å². The summed E-state index contributed by atoms with van der Waals surface area (Å²) in [6.07, 6.45) is 0. The molecule has 5 heteroatoms. The molecular formula is C16H17NO4. The van der Waals surface area contributed by atoms with Crippen LogP contribution in [0, 0.1) is 0 Å². The van der Waals surface area contributed by atoms with Crippen molar-refractivity contribution in [1.29, 1.82) is 0 Å². The molecule has 0 bridgehead atoms. The van der Waals surface area contributed by atoms with Crippen LogP contribution in [0.1, 0.15) is 11.6 Å². The second-order valence-electron chi connectivity index (χ2n) is 4.39. The van der Waals surface area contributed by atoms with Gasteiger partial charge >= 0.3 is 5.97 Å². The second kappa shape index (κ2) is 7.31. The van der Waals surface area contributed by atoms with Crippen molar-refractivity contribution in [2.75, 3.05) is 13.2 Å². The topological polar surface area (TPSA) is 81.8 Å². The van der Waals surface area contributed by atoms with Gasteiger partial charge in [0.05, 0.1) is 0 Å². The second-order valence-corrected chi connectivity index (χ2v) is 4.39. The van der Waals surface area contributed by atoms with E-state index in [0.717, 1.165) is 5.75 Å². The molecule has 0 amide bonds. The third kappa shape index (κ3) is 4.50. The highest BCUT2D eigenvalue weighted by Crippen LogP contribution is 2.16. The van der Waals surface area contributed by atoms with Crippen molar-refractivity contribution in [2.45, 2.75) is 6.04 Å². The predicted octanol–water partition coefficient (Wildman–Crippen LogP) is 2.23. The summed E-state index contributed by atoms with van der Waals surface area (Å²) in [5, 5.41) is 8.81. The molecule has 21 heavy (non-hydrogen) atoms. The molecule has 3 N–H and O–H groups in total. The molecule has 2 aromatic carbocycles. The monoisotopic (exact) mass is 287 g/mol. The van der Waals surface area contributed by atoms with E-state index in [1.165, 1.54) is 0 Å². The van der Waals surface area contributed by atoms with Crippen LogP contribution in [-0.2, 0) is 4.79 Å². The molecule has 2 aromatic rings. The van der Waals surface area contributed by atoms with Gasteiger partial charge in [-0.15, -0.1) is 0 Å². The van der Waals surface area contributed by atoms with E-state index in [4.69, 9.17) is 20.3 Å². The third-order valence-corrected chi connectivity index (χ3v) is 2.87. The molecule has 0 aliphatic heterocycles. The molecule has 110 valence electrons. The Kier molecular flexibility index (Phi) is 5.17. The highest BCUT2D eigenvalue weighted by Gasteiger charge is 2.13. The van der Waals surface area contributed by atoms with Crippen LogP contribution >= 0.6 is 0 Å². The molecule has 2 rings (SSSR count). The first-order valence-corrected chi connectivity index (χ1v) is 6.56. The average molecular weight is 287 g/mol. The quantitative estimate of drug-likeness (QED) is 0.763. The molecule has 0 heterocycles. The number of carboxylic acids is 1. The Hall–Kier alpha value is -2.53. The fourth-order valence-corrected chi connectivity index (χ4v) is 1.75. The van der Waals surface area contributed by atoms with Crippen molar-refractivity contribution < 1.29 is 19.4 Å². The van der Waals surface area contributed by atoms with Crippen LogP contribution in [0.15, 0.2) is 54.6 Å². The number of carboxylic acid groups (broad SMARTS) is 1. The number of rotatable bonds is 7. The summed E-state index contributed by atoms with van der Waals surface area (Å²) >= 11 is 0. The minimum Gasteiger partial charge on any atom is -0.490 e. The lowest BCUT2D eigenvalue weighted by molar-refractivity contribution is -0.138. The number of para-hydroxylation sites is 1. The average Bonchev–Trinajstić information content (AvgIpc) is 2.52. The summed E-state index contributed by atoms with van der Waals surface area (Å²) in [5.74, 6) is 0.386. The number of benzene rings is 2. The van der Waals surface area contributed by atoms with Gasteiger partial charge in [-0.1, -0.05) is 30.3 Å². The SMILES string of the molecule is NC(C(=O)O)c1ccc(OCCOc2ccccc2)cc1. The van der Waals surface area contributed by atoms with Gasteiger partial charge in [-0.05, 0) is 29.8 Å².